The van der Waals surface area contributed by atoms with Crippen molar-refractivity contribution < 1.29 is 5.11 Å². The van der Waals surface area contributed by atoms with Crippen LogP contribution in [0.2, 0.25) is 0 Å². The fraction of sp³-hybridized carbons (Fsp3) is 1.00. The molecule has 1 N–H and O–H groups in total. The molecule has 0 radical (unpaired) electrons. The van der Waals surface area contributed by atoms with Crippen LogP contribution in [0.3, 0.4) is 0 Å². The lowest BCUT2D eigenvalue weighted by molar-refractivity contribution is 0.0627. The molecular formula is C18H36O. The molecule has 0 saturated heterocycles. The molecule has 0 aromatic heterocycles. The van der Waals surface area contributed by atoms with Crippen molar-refractivity contribution in [3.05, 3.63) is 0 Å². The second-order valence-corrected chi connectivity index (χ2v) is 6.86. The maximum absolute atomic E-state index is 10.3. The topological polar surface area (TPSA) is 20.2 Å². The first kappa shape index (κ1) is 17.0. The van der Waals surface area contributed by atoms with Crippen molar-refractivity contribution >= 4 is 0 Å². The first-order valence-electron chi connectivity index (χ1n) is 8.92. The van der Waals surface area contributed by atoms with E-state index in [2.05, 4.69) is 13.8 Å². The van der Waals surface area contributed by atoms with Gasteiger partial charge in [0.2, 0.25) is 0 Å². The standard InChI is InChI=1S/C18H36O/c1-3-4-5-6-7-8-9-10-14-18(19)17-13-11-12-16(2)15-17/h16-19H,3-15H2,1-2H3. The SMILES string of the molecule is CCCCCCCCCCC(O)C1CCCC(C)C1. The minimum Gasteiger partial charge on any atom is -0.393 e. The molecule has 0 aromatic carbocycles. The molecule has 0 aliphatic heterocycles. The van der Waals surface area contributed by atoms with Crippen LogP contribution in [0.15, 0.2) is 0 Å². The van der Waals surface area contributed by atoms with Crippen molar-refractivity contribution in [3.63, 3.8) is 0 Å². The van der Waals surface area contributed by atoms with Gasteiger partial charge in [0.15, 0.2) is 0 Å². The average molecular weight is 268 g/mol. The molecule has 0 heterocycles. The molecule has 0 spiro atoms. The fourth-order valence-corrected chi connectivity index (χ4v) is 3.55. The Morgan fingerprint density at radius 2 is 1.58 bits per heavy atom. The van der Waals surface area contributed by atoms with Gasteiger partial charge in [-0.15, -0.1) is 0 Å². The zero-order chi connectivity index (χ0) is 13.9. The van der Waals surface area contributed by atoms with E-state index in [-0.39, 0.29) is 6.10 Å². The maximum Gasteiger partial charge on any atom is 0.0568 e. The van der Waals surface area contributed by atoms with Crippen LogP contribution < -0.4 is 0 Å². The molecule has 0 amide bonds. The van der Waals surface area contributed by atoms with E-state index < -0.39 is 0 Å². The van der Waals surface area contributed by atoms with E-state index in [0.29, 0.717) is 5.92 Å². The van der Waals surface area contributed by atoms with E-state index >= 15 is 0 Å². The summed E-state index contributed by atoms with van der Waals surface area (Å²) in [6.07, 6.45) is 17.2. The number of rotatable bonds is 10. The van der Waals surface area contributed by atoms with Gasteiger partial charge in [0.05, 0.1) is 6.10 Å². The van der Waals surface area contributed by atoms with Crippen molar-refractivity contribution in [3.8, 4) is 0 Å². The van der Waals surface area contributed by atoms with Crippen LogP contribution in [-0.4, -0.2) is 11.2 Å². The number of aliphatic hydroxyl groups is 1. The quantitative estimate of drug-likeness (QED) is 0.503. The number of hydrogen-bond donors (Lipinski definition) is 1. The maximum atomic E-state index is 10.3. The molecule has 114 valence electrons. The Labute approximate surface area is 121 Å². The van der Waals surface area contributed by atoms with Crippen LogP contribution in [0.4, 0.5) is 0 Å². The molecule has 1 fully saturated rings. The molecule has 1 aliphatic rings. The molecule has 3 atom stereocenters. The van der Waals surface area contributed by atoms with Crippen LogP contribution in [0.1, 0.15) is 97.3 Å². The van der Waals surface area contributed by atoms with Gasteiger partial charge in [0.25, 0.3) is 0 Å². The monoisotopic (exact) mass is 268 g/mol. The minimum atomic E-state index is -0.0113. The first-order valence-corrected chi connectivity index (χ1v) is 8.92. The second-order valence-electron chi connectivity index (χ2n) is 6.86. The summed E-state index contributed by atoms with van der Waals surface area (Å²) in [5.41, 5.74) is 0. The van der Waals surface area contributed by atoms with E-state index in [9.17, 15) is 5.11 Å². The van der Waals surface area contributed by atoms with Crippen LogP contribution in [0.25, 0.3) is 0 Å². The summed E-state index contributed by atoms with van der Waals surface area (Å²) in [6.45, 7) is 4.61. The molecular weight excluding hydrogens is 232 g/mol. The summed E-state index contributed by atoms with van der Waals surface area (Å²) in [6, 6.07) is 0. The summed E-state index contributed by atoms with van der Waals surface area (Å²) in [5, 5.41) is 10.3. The fourth-order valence-electron chi connectivity index (χ4n) is 3.55. The van der Waals surface area contributed by atoms with Gasteiger partial charge in [0.1, 0.15) is 0 Å². The first-order chi connectivity index (χ1) is 9.24. The van der Waals surface area contributed by atoms with Crippen LogP contribution in [0, 0.1) is 11.8 Å². The highest BCUT2D eigenvalue weighted by atomic mass is 16.3. The zero-order valence-corrected chi connectivity index (χ0v) is 13.4. The second kappa shape index (κ2) is 10.7. The third kappa shape index (κ3) is 7.97. The van der Waals surface area contributed by atoms with Crippen molar-refractivity contribution in [1.82, 2.24) is 0 Å². The van der Waals surface area contributed by atoms with Crippen molar-refractivity contribution in [1.29, 1.82) is 0 Å². The average Bonchev–Trinajstić information content (AvgIpc) is 2.41. The van der Waals surface area contributed by atoms with E-state index in [1.165, 1.54) is 77.0 Å². The van der Waals surface area contributed by atoms with Gasteiger partial charge in [-0.2, -0.15) is 0 Å². The van der Waals surface area contributed by atoms with Crippen LogP contribution in [0.5, 0.6) is 0 Å². The van der Waals surface area contributed by atoms with Crippen LogP contribution in [-0.2, 0) is 0 Å². The molecule has 0 bridgehead atoms. The van der Waals surface area contributed by atoms with Gasteiger partial charge in [-0.3, -0.25) is 0 Å². The Balaban J connectivity index is 1.93. The Bertz CT molecular complexity index is 202. The summed E-state index contributed by atoms with van der Waals surface area (Å²) in [4.78, 5) is 0. The summed E-state index contributed by atoms with van der Waals surface area (Å²) in [5.74, 6) is 1.44. The van der Waals surface area contributed by atoms with Crippen molar-refractivity contribution in [2.24, 2.45) is 11.8 Å². The van der Waals surface area contributed by atoms with E-state index in [4.69, 9.17) is 0 Å². The third-order valence-electron chi connectivity index (χ3n) is 4.87. The molecule has 0 aromatic rings. The third-order valence-corrected chi connectivity index (χ3v) is 4.87. The zero-order valence-electron chi connectivity index (χ0n) is 13.4. The van der Waals surface area contributed by atoms with Crippen LogP contribution >= 0.6 is 0 Å². The summed E-state index contributed by atoms with van der Waals surface area (Å²) < 4.78 is 0. The highest BCUT2D eigenvalue weighted by Gasteiger charge is 2.24. The Morgan fingerprint density at radius 3 is 2.21 bits per heavy atom. The normalized spacial score (nSPS) is 25.4. The lowest BCUT2D eigenvalue weighted by atomic mass is 9.78. The number of aliphatic hydroxyl groups excluding tert-OH is 1. The van der Waals surface area contributed by atoms with Gasteiger partial charge in [-0.1, -0.05) is 78.1 Å². The smallest absolute Gasteiger partial charge is 0.0568 e. The molecule has 19 heavy (non-hydrogen) atoms. The minimum absolute atomic E-state index is 0.0113. The van der Waals surface area contributed by atoms with Gasteiger partial charge < -0.3 is 5.11 Å². The highest BCUT2D eigenvalue weighted by molar-refractivity contribution is 4.76. The molecule has 1 aliphatic carbocycles. The predicted octanol–water partition coefficient (Wildman–Crippen LogP) is 5.70. The summed E-state index contributed by atoms with van der Waals surface area (Å²) >= 11 is 0. The Kier molecular flexibility index (Phi) is 9.59. The van der Waals surface area contributed by atoms with E-state index in [1.54, 1.807) is 0 Å². The molecule has 1 rings (SSSR count). The lowest BCUT2D eigenvalue weighted by Gasteiger charge is -2.30. The van der Waals surface area contributed by atoms with Gasteiger partial charge in [-0.05, 0) is 31.1 Å². The van der Waals surface area contributed by atoms with E-state index in [1.807, 2.05) is 0 Å². The van der Waals surface area contributed by atoms with Gasteiger partial charge in [0, 0.05) is 0 Å². The Morgan fingerprint density at radius 1 is 0.947 bits per heavy atom. The molecule has 1 heteroatoms. The van der Waals surface area contributed by atoms with E-state index in [0.717, 1.165) is 12.3 Å². The van der Waals surface area contributed by atoms with Crippen molar-refractivity contribution in [2.75, 3.05) is 0 Å². The number of unbranched alkanes of at least 4 members (excludes halogenated alkanes) is 7. The molecule has 1 saturated carbocycles. The largest absolute Gasteiger partial charge is 0.393 e. The predicted molar refractivity (Wildman–Crippen MR) is 84.4 cm³/mol. The molecule has 1 nitrogen and oxygen atoms in total. The lowest BCUT2D eigenvalue weighted by Crippen LogP contribution is -2.25. The summed E-state index contributed by atoms with van der Waals surface area (Å²) in [7, 11) is 0. The number of hydrogen-bond acceptors (Lipinski definition) is 1. The Hall–Kier alpha value is -0.0400. The molecule has 3 unspecified atom stereocenters. The van der Waals surface area contributed by atoms with Gasteiger partial charge >= 0.3 is 0 Å². The highest BCUT2D eigenvalue weighted by Crippen LogP contribution is 2.32. The van der Waals surface area contributed by atoms with Gasteiger partial charge in [-0.25, -0.2) is 0 Å². The van der Waals surface area contributed by atoms with Crippen molar-refractivity contribution in [2.45, 2.75) is 103 Å².